The van der Waals surface area contributed by atoms with E-state index in [1.807, 2.05) is 22.9 Å². The molecule has 2 aromatic rings. The molecule has 0 saturated carbocycles. The van der Waals surface area contributed by atoms with Gasteiger partial charge >= 0.3 is 0 Å². The van der Waals surface area contributed by atoms with Crippen LogP contribution in [0.1, 0.15) is 30.7 Å². The van der Waals surface area contributed by atoms with Gasteiger partial charge in [-0.05, 0) is 24.9 Å². The molecule has 1 aliphatic rings. The zero-order valence-electron chi connectivity index (χ0n) is 11.9. The number of unbranched alkanes of at least 4 members (excludes halogenated alkanes) is 2. The van der Waals surface area contributed by atoms with E-state index >= 15 is 0 Å². The van der Waals surface area contributed by atoms with Crippen LogP contribution in [0.4, 0.5) is 0 Å². The van der Waals surface area contributed by atoms with Crippen LogP contribution in [0.3, 0.4) is 0 Å². The molecule has 0 amide bonds. The second-order valence-corrected chi connectivity index (χ2v) is 5.95. The molecule has 0 radical (unpaired) electrons. The van der Waals surface area contributed by atoms with E-state index in [9.17, 15) is 0 Å². The lowest BCUT2D eigenvalue weighted by Gasteiger charge is -2.13. The molecule has 2 N–H and O–H groups in total. The second-order valence-electron chi connectivity index (χ2n) is 5.01. The number of nitrogens with two attached hydrogens (primary N) is 1. The molecule has 2 heterocycles. The fourth-order valence-electron chi connectivity index (χ4n) is 2.30. The molecule has 0 atom stereocenters. The highest BCUT2D eigenvalue weighted by Crippen LogP contribution is 2.24. The summed E-state index contributed by atoms with van der Waals surface area (Å²) < 4.78 is 1.90. The molecule has 0 unspecified atom stereocenters. The summed E-state index contributed by atoms with van der Waals surface area (Å²) in [5, 5.41) is 14.1. The van der Waals surface area contributed by atoms with E-state index in [-0.39, 0.29) is 0 Å². The van der Waals surface area contributed by atoms with Crippen molar-refractivity contribution in [2.75, 3.05) is 12.3 Å². The van der Waals surface area contributed by atoms with Crippen molar-refractivity contribution >= 4 is 17.5 Å². The lowest BCUT2D eigenvalue weighted by atomic mass is 10.1. The highest BCUT2D eigenvalue weighted by Gasteiger charge is 2.19. The fraction of sp³-hybridized carbons (Fsp3) is 0.400. The van der Waals surface area contributed by atoms with Crippen molar-refractivity contribution in [1.82, 2.24) is 14.9 Å². The van der Waals surface area contributed by atoms with Crippen LogP contribution in [0.15, 0.2) is 40.6 Å². The third-order valence-corrected chi connectivity index (χ3v) is 4.38. The molecule has 1 aliphatic heterocycles. The van der Waals surface area contributed by atoms with Crippen LogP contribution < -0.4 is 5.73 Å². The van der Waals surface area contributed by atoms with Crippen molar-refractivity contribution in [3.8, 4) is 0 Å². The number of nitrogens with zero attached hydrogens (tertiary/aromatic N) is 4. The molecule has 1 aromatic heterocycles. The Kier molecular flexibility index (Phi) is 4.67. The van der Waals surface area contributed by atoms with E-state index in [0.29, 0.717) is 0 Å². The van der Waals surface area contributed by atoms with Gasteiger partial charge in [0.1, 0.15) is 0 Å². The quantitative estimate of drug-likeness (QED) is 0.831. The van der Waals surface area contributed by atoms with Crippen LogP contribution in [-0.4, -0.2) is 32.9 Å². The third kappa shape index (κ3) is 3.33. The number of rotatable bonds is 6. The molecule has 0 saturated heterocycles. The van der Waals surface area contributed by atoms with Crippen LogP contribution in [0, 0.1) is 0 Å². The Morgan fingerprint density at radius 2 is 1.95 bits per heavy atom. The average Bonchev–Trinajstić information content (AvgIpc) is 2.95. The average molecular weight is 301 g/mol. The molecular formula is C15H19N5S. The number of benzene rings is 1. The SMILES string of the molecule is NCCCCCc1nnc2n1N=C(c1ccccc1)CS2. The normalized spacial score (nSPS) is 13.9. The Labute approximate surface area is 128 Å². The number of hydrogen-bond donors (Lipinski definition) is 1. The number of aromatic nitrogens is 3. The summed E-state index contributed by atoms with van der Waals surface area (Å²) in [6.07, 6.45) is 4.17. The van der Waals surface area contributed by atoms with Gasteiger partial charge in [0.2, 0.25) is 5.16 Å². The Morgan fingerprint density at radius 1 is 1.10 bits per heavy atom. The molecule has 0 aliphatic carbocycles. The first kappa shape index (κ1) is 14.3. The van der Waals surface area contributed by atoms with Crippen LogP contribution in [0.5, 0.6) is 0 Å². The number of aryl methyl sites for hydroxylation is 1. The van der Waals surface area contributed by atoms with Crippen molar-refractivity contribution in [2.24, 2.45) is 10.8 Å². The summed E-state index contributed by atoms with van der Waals surface area (Å²) in [7, 11) is 0. The number of hydrogen-bond acceptors (Lipinski definition) is 5. The van der Waals surface area contributed by atoms with Gasteiger partial charge in [-0.25, -0.2) is 0 Å². The predicted octanol–water partition coefficient (Wildman–Crippen LogP) is 2.31. The Morgan fingerprint density at radius 3 is 2.76 bits per heavy atom. The minimum absolute atomic E-state index is 0.754. The Bertz CT molecular complexity index is 620. The van der Waals surface area contributed by atoms with Gasteiger partial charge in [-0.2, -0.15) is 9.78 Å². The van der Waals surface area contributed by atoms with Crippen LogP contribution in [0.2, 0.25) is 0 Å². The maximum atomic E-state index is 5.52. The topological polar surface area (TPSA) is 69.1 Å². The van der Waals surface area contributed by atoms with Gasteiger partial charge in [-0.1, -0.05) is 48.5 Å². The molecule has 5 nitrogen and oxygen atoms in total. The summed E-state index contributed by atoms with van der Waals surface area (Å²) >= 11 is 1.69. The third-order valence-electron chi connectivity index (χ3n) is 3.45. The molecule has 0 spiro atoms. The number of fused-ring (bicyclic) bond motifs is 1. The fourth-order valence-corrected chi connectivity index (χ4v) is 3.16. The summed E-state index contributed by atoms with van der Waals surface area (Å²) in [5.74, 6) is 1.79. The van der Waals surface area contributed by atoms with E-state index < -0.39 is 0 Å². The summed E-state index contributed by atoms with van der Waals surface area (Å²) in [6, 6.07) is 10.3. The van der Waals surface area contributed by atoms with E-state index in [2.05, 4.69) is 22.3 Å². The molecule has 3 rings (SSSR count). The van der Waals surface area contributed by atoms with Gasteiger partial charge in [0, 0.05) is 12.2 Å². The van der Waals surface area contributed by atoms with Gasteiger partial charge in [0.25, 0.3) is 0 Å². The molecule has 0 bridgehead atoms. The van der Waals surface area contributed by atoms with Crippen molar-refractivity contribution < 1.29 is 0 Å². The van der Waals surface area contributed by atoms with E-state index in [1.54, 1.807) is 11.8 Å². The monoisotopic (exact) mass is 301 g/mol. The van der Waals surface area contributed by atoms with Crippen molar-refractivity contribution in [2.45, 2.75) is 30.8 Å². The van der Waals surface area contributed by atoms with Gasteiger partial charge in [0.15, 0.2) is 5.82 Å². The molecule has 6 heteroatoms. The maximum absolute atomic E-state index is 5.52. The van der Waals surface area contributed by atoms with E-state index in [4.69, 9.17) is 10.8 Å². The van der Waals surface area contributed by atoms with Gasteiger partial charge < -0.3 is 5.73 Å². The summed E-state index contributed by atoms with van der Waals surface area (Å²) in [6.45, 7) is 0.754. The van der Waals surface area contributed by atoms with Crippen molar-refractivity contribution in [3.63, 3.8) is 0 Å². The van der Waals surface area contributed by atoms with Gasteiger partial charge in [-0.3, -0.25) is 0 Å². The molecule has 0 fully saturated rings. The van der Waals surface area contributed by atoms with E-state index in [0.717, 1.165) is 54.7 Å². The molecule has 21 heavy (non-hydrogen) atoms. The van der Waals surface area contributed by atoms with Crippen molar-refractivity contribution in [3.05, 3.63) is 41.7 Å². The smallest absolute Gasteiger partial charge is 0.212 e. The molecule has 1 aromatic carbocycles. The van der Waals surface area contributed by atoms with Gasteiger partial charge in [-0.15, -0.1) is 10.2 Å². The maximum Gasteiger partial charge on any atom is 0.212 e. The summed E-state index contributed by atoms with van der Waals surface area (Å²) in [5.41, 5.74) is 7.77. The van der Waals surface area contributed by atoms with Crippen LogP contribution >= 0.6 is 11.8 Å². The van der Waals surface area contributed by atoms with Gasteiger partial charge in [0.05, 0.1) is 5.71 Å². The standard InChI is InChI=1S/C15H19N5S/c16-10-6-2-5-9-14-17-18-15-20(14)19-13(11-21-15)12-7-3-1-4-8-12/h1,3-4,7-8H,2,5-6,9-11,16H2. The Balaban J connectivity index is 1.78. The van der Waals surface area contributed by atoms with Crippen molar-refractivity contribution in [1.29, 1.82) is 0 Å². The highest BCUT2D eigenvalue weighted by molar-refractivity contribution is 7.99. The van der Waals surface area contributed by atoms with Crippen LogP contribution in [-0.2, 0) is 6.42 Å². The highest BCUT2D eigenvalue weighted by atomic mass is 32.2. The van der Waals surface area contributed by atoms with Crippen LogP contribution in [0.25, 0.3) is 0 Å². The van der Waals surface area contributed by atoms with E-state index in [1.165, 1.54) is 5.56 Å². The molecule has 110 valence electrons. The molecular weight excluding hydrogens is 282 g/mol. The lowest BCUT2D eigenvalue weighted by Crippen LogP contribution is -2.14. The Hall–Kier alpha value is -1.66. The minimum Gasteiger partial charge on any atom is -0.330 e. The number of thioether (sulfide) groups is 1. The first-order valence-corrected chi connectivity index (χ1v) is 8.27. The zero-order valence-corrected chi connectivity index (χ0v) is 12.7. The first-order valence-electron chi connectivity index (χ1n) is 7.29. The predicted molar refractivity (Wildman–Crippen MR) is 85.7 cm³/mol. The lowest BCUT2D eigenvalue weighted by molar-refractivity contribution is 0.635. The second kappa shape index (κ2) is 6.87. The largest absolute Gasteiger partial charge is 0.330 e. The minimum atomic E-state index is 0.754. The first-order chi connectivity index (χ1) is 10.4. The zero-order chi connectivity index (χ0) is 14.5. The summed E-state index contributed by atoms with van der Waals surface area (Å²) in [4.78, 5) is 0.